The van der Waals surface area contributed by atoms with Crippen molar-refractivity contribution in [2.45, 2.75) is 32.8 Å². The molecule has 1 aromatic carbocycles. The number of benzene rings is 1. The van der Waals surface area contributed by atoms with Crippen LogP contribution < -0.4 is 10.1 Å². The Bertz CT molecular complexity index is 418. The molecule has 1 heterocycles. The number of ether oxygens (including phenoxy) is 1. The van der Waals surface area contributed by atoms with Crippen molar-refractivity contribution in [3.05, 3.63) is 29.3 Å². The zero-order valence-electron chi connectivity index (χ0n) is 9.96. The van der Waals surface area contributed by atoms with Gasteiger partial charge in [-0.05, 0) is 39.3 Å². The van der Waals surface area contributed by atoms with Crippen LogP contribution in [0, 0.1) is 0 Å². The first-order valence-corrected chi connectivity index (χ1v) is 5.56. The molecule has 86 valence electrons. The van der Waals surface area contributed by atoms with Gasteiger partial charge in [-0.25, -0.2) is 0 Å². The van der Waals surface area contributed by atoms with Gasteiger partial charge < -0.3 is 10.1 Å². The van der Waals surface area contributed by atoms with Crippen LogP contribution in [0.1, 0.15) is 36.7 Å². The lowest BCUT2D eigenvalue weighted by atomic mass is 9.99. The summed E-state index contributed by atoms with van der Waals surface area (Å²) in [6.45, 7) is 6.72. The average Bonchev–Trinajstić information content (AvgIpc) is 2.17. The third-order valence-electron chi connectivity index (χ3n) is 2.45. The second-order valence-electron chi connectivity index (χ2n) is 5.00. The van der Waals surface area contributed by atoms with Crippen molar-refractivity contribution < 1.29 is 9.53 Å². The first-order chi connectivity index (χ1) is 7.47. The molecule has 1 aromatic rings. The maximum atomic E-state index is 11.6. The van der Waals surface area contributed by atoms with Crippen LogP contribution >= 0.6 is 0 Å². The minimum atomic E-state index is -0.233. The number of hydrogen-bond acceptors (Lipinski definition) is 2. The molecule has 0 aromatic heterocycles. The van der Waals surface area contributed by atoms with Crippen LogP contribution in [-0.4, -0.2) is 18.1 Å². The Labute approximate surface area is 95.8 Å². The number of carbonyl (C=O) groups excluding carboxylic acids is 1. The lowest BCUT2D eigenvalue weighted by molar-refractivity contribution is 0.0939. The molecule has 1 N–H and O–H groups in total. The van der Waals surface area contributed by atoms with Crippen LogP contribution in [0.5, 0.6) is 5.75 Å². The van der Waals surface area contributed by atoms with E-state index in [9.17, 15) is 4.79 Å². The van der Waals surface area contributed by atoms with E-state index in [2.05, 4.69) is 5.32 Å². The van der Waals surface area contributed by atoms with Gasteiger partial charge in [0.1, 0.15) is 11.4 Å². The molecule has 16 heavy (non-hydrogen) atoms. The summed E-state index contributed by atoms with van der Waals surface area (Å²) in [5, 5.41) is 2.83. The standard InChI is InChI=1S/C13H17NO2/c1-13(2,3)16-11-6-4-5-10-9(11)7-8-14-12(10)15/h4-6H,7-8H2,1-3H3,(H,14,15). The quantitative estimate of drug-likeness (QED) is 0.786. The number of amides is 1. The summed E-state index contributed by atoms with van der Waals surface area (Å²) >= 11 is 0. The van der Waals surface area contributed by atoms with Gasteiger partial charge in [0, 0.05) is 17.7 Å². The molecule has 0 aliphatic carbocycles. The van der Waals surface area contributed by atoms with E-state index in [-0.39, 0.29) is 11.5 Å². The lowest BCUT2D eigenvalue weighted by Crippen LogP contribution is -2.33. The van der Waals surface area contributed by atoms with Crippen molar-refractivity contribution >= 4 is 5.91 Å². The van der Waals surface area contributed by atoms with Crippen LogP contribution in [-0.2, 0) is 6.42 Å². The molecule has 0 atom stereocenters. The molecular formula is C13H17NO2. The molecule has 0 fully saturated rings. The minimum Gasteiger partial charge on any atom is -0.488 e. The van der Waals surface area contributed by atoms with Crippen molar-refractivity contribution in [2.75, 3.05) is 6.54 Å². The highest BCUT2D eigenvalue weighted by atomic mass is 16.5. The third kappa shape index (κ3) is 2.18. The van der Waals surface area contributed by atoms with Crippen molar-refractivity contribution in [2.24, 2.45) is 0 Å². The van der Waals surface area contributed by atoms with E-state index in [1.54, 1.807) is 0 Å². The van der Waals surface area contributed by atoms with E-state index < -0.39 is 0 Å². The van der Waals surface area contributed by atoms with Gasteiger partial charge in [0.05, 0.1) is 0 Å². The van der Waals surface area contributed by atoms with Gasteiger partial charge in [-0.3, -0.25) is 4.79 Å². The van der Waals surface area contributed by atoms with Gasteiger partial charge in [-0.1, -0.05) is 6.07 Å². The molecule has 1 amide bonds. The highest BCUT2D eigenvalue weighted by molar-refractivity contribution is 5.97. The van der Waals surface area contributed by atoms with Crippen molar-refractivity contribution in [3.8, 4) is 5.75 Å². The van der Waals surface area contributed by atoms with Crippen molar-refractivity contribution in [3.63, 3.8) is 0 Å². The number of hydrogen-bond donors (Lipinski definition) is 1. The van der Waals surface area contributed by atoms with E-state index in [0.717, 1.165) is 23.3 Å². The van der Waals surface area contributed by atoms with Crippen LogP contribution in [0.2, 0.25) is 0 Å². The molecule has 0 bridgehead atoms. The highest BCUT2D eigenvalue weighted by Crippen LogP contribution is 2.28. The Balaban J connectivity index is 2.40. The molecule has 0 spiro atoms. The summed E-state index contributed by atoms with van der Waals surface area (Å²) < 4.78 is 5.87. The van der Waals surface area contributed by atoms with Gasteiger partial charge in [0.2, 0.25) is 0 Å². The summed E-state index contributed by atoms with van der Waals surface area (Å²) in [5.41, 5.74) is 1.54. The molecule has 0 radical (unpaired) electrons. The van der Waals surface area contributed by atoms with Gasteiger partial charge >= 0.3 is 0 Å². The van der Waals surface area contributed by atoms with E-state index in [0.29, 0.717) is 6.54 Å². The van der Waals surface area contributed by atoms with Crippen molar-refractivity contribution in [1.29, 1.82) is 0 Å². The summed E-state index contributed by atoms with van der Waals surface area (Å²) in [5.74, 6) is 0.834. The molecule has 1 aliphatic heterocycles. The van der Waals surface area contributed by atoms with Crippen LogP contribution in [0.25, 0.3) is 0 Å². The van der Waals surface area contributed by atoms with Gasteiger partial charge in [0.25, 0.3) is 5.91 Å². The fourth-order valence-electron chi connectivity index (χ4n) is 1.86. The maximum absolute atomic E-state index is 11.6. The summed E-state index contributed by atoms with van der Waals surface area (Å²) in [6, 6.07) is 5.65. The predicted molar refractivity (Wildman–Crippen MR) is 62.9 cm³/mol. The number of fused-ring (bicyclic) bond motifs is 1. The number of carbonyl (C=O) groups is 1. The fraction of sp³-hybridized carbons (Fsp3) is 0.462. The normalized spacial score (nSPS) is 15.3. The number of nitrogens with one attached hydrogen (secondary N) is 1. The van der Waals surface area contributed by atoms with E-state index in [1.165, 1.54) is 0 Å². The third-order valence-corrected chi connectivity index (χ3v) is 2.45. The summed E-state index contributed by atoms with van der Waals surface area (Å²) in [7, 11) is 0. The molecule has 0 unspecified atom stereocenters. The van der Waals surface area contributed by atoms with Gasteiger partial charge in [0.15, 0.2) is 0 Å². The molecule has 3 heteroatoms. The summed E-state index contributed by atoms with van der Waals surface area (Å²) in [6.07, 6.45) is 0.841. The monoisotopic (exact) mass is 219 g/mol. The zero-order valence-corrected chi connectivity index (χ0v) is 9.96. The Morgan fingerprint density at radius 1 is 1.31 bits per heavy atom. The molecule has 1 aliphatic rings. The van der Waals surface area contributed by atoms with Crippen LogP contribution in [0.3, 0.4) is 0 Å². The molecule has 0 saturated heterocycles. The van der Waals surface area contributed by atoms with Gasteiger partial charge in [-0.2, -0.15) is 0 Å². The SMILES string of the molecule is CC(C)(C)Oc1cccc2c1CCNC2=O. The van der Waals surface area contributed by atoms with Crippen molar-refractivity contribution in [1.82, 2.24) is 5.32 Å². The van der Waals surface area contributed by atoms with E-state index >= 15 is 0 Å². The number of rotatable bonds is 1. The lowest BCUT2D eigenvalue weighted by Gasteiger charge is -2.26. The zero-order chi connectivity index (χ0) is 11.8. The average molecular weight is 219 g/mol. The summed E-state index contributed by atoms with van der Waals surface area (Å²) in [4.78, 5) is 11.6. The van der Waals surface area contributed by atoms with Crippen LogP contribution in [0.4, 0.5) is 0 Å². The molecule has 3 nitrogen and oxygen atoms in total. The van der Waals surface area contributed by atoms with Gasteiger partial charge in [-0.15, -0.1) is 0 Å². The topological polar surface area (TPSA) is 38.3 Å². The van der Waals surface area contributed by atoms with Crippen LogP contribution in [0.15, 0.2) is 18.2 Å². The maximum Gasteiger partial charge on any atom is 0.251 e. The Kier molecular flexibility index (Phi) is 2.62. The van der Waals surface area contributed by atoms with E-state index in [1.807, 2.05) is 39.0 Å². The minimum absolute atomic E-state index is 0.000564. The largest absolute Gasteiger partial charge is 0.488 e. The Morgan fingerprint density at radius 2 is 2.06 bits per heavy atom. The smallest absolute Gasteiger partial charge is 0.251 e. The first-order valence-electron chi connectivity index (χ1n) is 5.56. The molecule has 0 saturated carbocycles. The highest BCUT2D eigenvalue weighted by Gasteiger charge is 2.22. The Morgan fingerprint density at radius 3 is 2.75 bits per heavy atom. The van der Waals surface area contributed by atoms with E-state index in [4.69, 9.17) is 4.74 Å². The Hall–Kier alpha value is -1.51. The second kappa shape index (κ2) is 3.81. The molecule has 2 rings (SSSR count). The fourth-order valence-corrected chi connectivity index (χ4v) is 1.86. The molecular weight excluding hydrogens is 202 g/mol. The first kappa shape index (κ1) is 11.0. The predicted octanol–water partition coefficient (Wildman–Crippen LogP) is 2.15. The second-order valence-corrected chi connectivity index (χ2v) is 5.00.